The van der Waals surface area contributed by atoms with Gasteiger partial charge in [-0.05, 0) is 37.1 Å². The number of rotatable bonds is 4. The van der Waals surface area contributed by atoms with Gasteiger partial charge < -0.3 is 5.11 Å². The zero-order valence-electron chi connectivity index (χ0n) is 15.2. The highest BCUT2D eigenvalue weighted by Crippen LogP contribution is 2.40. The van der Waals surface area contributed by atoms with E-state index in [0.29, 0.717) is 12.8 Å². The number of carbonyl (C=O) groups excluding carboxylic acids is 3. The number of hydrogen-bond acceptors (Lipinski definition) is 4. The molecule has 1 aliphatic carbocycles. The SMILES string of the molecule is O=C(O)c1ccccc1C(=O)c1ccc(Cl)c(N2C(=O)[C@H]3CC=CC[C@H]3C2=O)c1. The lowest BCUT2D eigenvalue weighted by atomic mass is 9.85. The van der Waals surface area contributed by atoms with Gasteiger partial charge in [0.25, 0.3) is 0 Å². The molecule has 0 unspecified atom stereocenters. The summed E-state index contributed by atoms with van der Waals surface area (Å²) in [5, 5.41) is 9.51. The van der Waals surface area contributed by atoms with E-state index in [1.807, 2.05) is 12.2 Å². The Morgan fingerprint density at radius 2 is 1.52 bits per heavy atom. The van der Waals surface area contributed by atoms with E-state index in [1.165, 1.54) is 36.4 Å². The standard InChI is InChI=1S/C22H16ClNO5/c23-17-10-9-12(19(25)13-5-1-4-8-16(13)22(28)29)11-18(17)24-20(26)14-6-2-3-7-15(14)21(24)27/h1-5,8-11,14-15H,6-7H2,(H,28,29)/t14-,15+. The van der Waals surface area contributed by atoms with Crippen molar-refractivity contribution in [2.24, 2.45) is 11.8 Å². The largest absolute Gasteiger partial charge is 0.478 e. The third kappa shape index (κ3) is 3.15. The summed E-state index contributed by atoms with van der Waals surface area (Å²) in [6.45, 7) is 0. The zero-order chi connectivity index (χ0) is 20.7. The molecule has 1 saturated heterocycles. The minimum absolute atomic E-state index is 0.0187. The van der Waals surface area contributed by atoms with Crippen molar-refractivity contribution >= 4 is 40.9 Å². The summed E-state index contributed by atoms with van der Waals surface area (Å²) >= 11 is 6.27. The van der Waals surface area contributed by atoms with E-state index < -0.39 is 23.6 Å². The van der Waals surface area contributed by atoms with E-state index >= 15 is 0 Å². The lowest BCUT2D eigenvalue weighted by molar-refractivity contribution is -0.122. The van der Waals surface area contributed by atoms with Crippen molar-refractivity contribution in [3.8, 4) is 0 Å². The second kappa shape index (κ2) is 7.29. The van der Waals surface area contributed by atoms with Gasteiger partial charge in [0.1, 0.15) is 0 Å². The summed E-state index contributed by atoms with van der Waals surface area (Å²) in [6, 6.07) is 10.1. The number of amides is 2. The van der Waals surface area contributed by atoms with Crippen molar-refractivity contribution in [1.82, 2.24) is 0 Å². The summed E-state index contributed by atoms with van der Waals surface area (Å²) in [5.74, 6) is -3.25. The van der Waals surface area contributed by atoms with Crippen LogP contribution in [0.5, 0.6) is 0 Å². The maximum atomic E-state index is 13.0. The molecule has 29 heavy (non-hydrogen) atoms. The maximum absolute atomic E-state index is 13.0. The fourth-order valence-electron chi connectivity index (χ4n) is 3.89. The van der Waals surface area contributed by atoms with Crippen LogP contribution in [0.2, 0.25) is 5.02 Å². The number of carboxylic acid groups (broad SMARTS) is 1. The summed E-state index contributed by atoms with van der Waals surface area (Å²) < 4.78 is 0. The lowest BCUT2D eigenvalue weighted by Gasteiger charge is -2.17. The topological polar surface area (TPSA) is 91.8 Å². The third-order valence-electron chi connectivity index (χ3n) is 5.36. The number of aromatic carboxylic acids is 1. The average molecular weight is 410 g/mol. The molecule has 7 heteroatoms. The number of imide groups is 1. The summed E-state index contributed by atoms with van der Waals surface area (Å²) in [6.07, 6.45) is 4.77. The lowest BCUT2D eigenvalue weighted by Crippen LogP contribution is -2.31. The van der Waals surface area contributed by atoms with Crippen LogP contribution in [0.15, 0.2) is 54.6 Å². The van der Waals surface area contributed by atoms with Crippen LogP contribution in [0.1, 0.15) is 39.1 Å². The molecule has 1 fully saturated rings. The molecule has 2 atom stereocenters. The minimum atomic E-state index is -1.22. The number of benzene rings is 2. The molecule has 0 spiro atoms. The van der Waals surface area contributed by atoms with E-state index in [0.717, 1.165) is 4.90 Å². The molecule has 146 valence electrons. The first-order valence-electron chi connectivity index (χ1n) is 9.09. The minimum Gasteiger partial charge on any atom is -0.478 e. The van der Waals surface area contributed by atoms with E-state index in [2.05, 4.69) is 0 Å². The van der Waals surface area contributed by atoms with Crippen molar-refractivity contribution in [3.05, 3.63) is 76.3 Å². The number of allylic oxidation sites excluding steroid dienone is 2. The third-order valence-corrected chi connectivity index (χ3v) is 5.68. The molecular weight excluding hydrogens is 394 g/mol. The quantitative estimate of drug-likeness (QED) is 0.472. The van der Waals surface area contributed by atoms with Gasteiger partial charge in [-0.2, -0.15) is 0 Å². The van der Waals surface area contributed by atoms with Crippen molar-refractivity contribution in [2.75, 3.05) is 4.90 Å². The Kier molecular flexibility index (Phi) is 4.80. The second-order valence-corrected chi connectivity index (χ2v) is 7.42. The Labute approximate surface area is 171 Å². The second-order valence-electron chi connectivity index (χ2n) is 7.01. The van der Waals surface area contributed by atoms with E-state index in [4.69, 9.17) is 11.6 Å². The first kappa shape index (κ1) is 19.1. The fourth-order valence-corrected chi connectivity index (χ4v) is 4.09. The molecule has 2 amide bonds. The number of carbonyl (C=O) groups is 4. The molecule has 1 N–H and O–H groups in total. The number of hydrogen-bond donors (Lipinski definition) is 1. The predicted octanol–water partition coefficient (Wildman–Crippen LogP) is 3.72. The number of fused-ring (bicyclic) bond motifs is 1. The highest BCUT2D eigenvalue weighted by Gasteiger charge is 2.48. The monoisotopic (exact) mass is 409 g/mol. The van der Waals surface area contributed by atoms with Gasteiger partial charge >= 0.3 is 5.97 Å². The van der Waals surface area contributed by atoms with Gasteiger partial charge in [0.15, 0.2) is 5.78 Å². The van der Waals surface area contributed by atoms with Crippen LogP contribution in [0.25, 0.3) is 0 Å². The van der Waals surface area contributed by atoms with Gasteiger partial charge in [-0.3, -0.25) is 14.4 Å². The molecule has 0 bridgehead atoms. The molecule has 2 aromatic rings. The van der Waals surface area contributed by atoms with Gasteiger partial charge in [-0.15, -0.1) is 0 Å². The first-order chi connectivity index (χ1) is 13.9. The number of carboxylic acids is 1. The Bertz CT molecular complexity index is 1060. The zero-order valence-corrected chi connectivity index (χ0v) is 15.9. The molecule has 1 aliphatic heterocycles. The van der Waals surface area contributed by atoms with Crippen LogP contribution < -0.4 is 4.90 Å². The molecule has 6 nitrogen and oxygen atoms in total. The number of halogens is 1. The molecular formula is C22H16ClNO5. The highest BCUT2D eigenvalue weighted by atomic mass is 35.5. The predicted molar refractivity (Wildman–Crippen MR) is 106 cm³/mol. The smallest absolute Gasteiger partial charge is 0.336 e. The first-order valence-corrected chi connectivity index (χ1v) is 9.47. The Balaban J connectivity index is 1.75. The highest BCUT2D eigenvalue weighted by molar-refractivity contribution is 6.36. The Hall–Kier alpha value is -3.25. The molecule has 2 aliphatic rings. The summed E-state index contributed by atoms with van der Waals surface area (Å²) in [5.41, 5.74) is 0.186. The molecule has 2 aromatic carbocycles. The van der Waals surface area contributed by atoms with E-state index in [9.17, 15) is 24.3 Å². The van der Waals surface area contributed by atoms with Gasteiger partial charge in [0.2, 0.25) is 11.8 Å². The molecule has 0 aromatic heterocycles. The van der Waals surface area contributed by atoms with Crippen molar-refractivity contribution < 1.29 is 24.3 Å². The fraction of sp³-hybridized carbons (Fsp3) is 0.182. The van der Waals surface area contributed by atoms with Gasteiger partial charge in [0.05, 0.1) is 28.1 Å². The van der Waals surface area contributed by atoms with Crippen LogP contribution in [-0.2, 0) is 9.59 Å². The van der Waals surface area contributed by atoms with Crippen LogP contribution in [0, 0.1) is 11.8 Å². The Morgan fingerprint density at radius 1 is 0.931 bits per heavy atom. The van der Waals surface area contributed by atoms with Crippen LogP contribution in [-0.4, -0.2) is 28.7 Å². The average Bonchev–Trinajstić information content (AvgIpc) is 2.98. The van der Waals surface area contributed by atoms with Crippen molar-refractivity contribution in [1.29, 1.82) is 0 Å². The molecule has 1 heterocycles. The van der Waals surface area contributed by atoms with Crippen molar-refractivity contribution in [2.45, 2.75) is 12.8 Å². The van der Waals surface area contributed by atoms with Crippen LogP contribution >= 0.6 is 11.6 Å². The summed E-state index contributed by atoms with van der Waals surface area (Å²) in [7, 11) is 0. The normalized spacial score (nSPS) is 20.7. The molecule has 0 saturated carbocycles. The maximum Gasteiger partial charge on any atom is 0.336 e. The van der Waals surface area contributed by atoms with Crippen LogP contribution in [0.4, 0.5) is 5.69 Å². The van der Waals surface area contributed by atoms with Gasteiger partial charge in [-0.25, -0.2) is 9.69 Å². The van der Waals surface area contributed by atoms with Crippen molar-refractivity contribution in [3.63, 3.8) is 0 Å². The number of anilines is 1. The summed E-state index contributed by atoms with van der Waals surface area (Å²) in [4.78, 5) is 51.2. The Morgan fingerprint density at radius 3 is 2.10 bits per heavy atom. The van der Waals surface area contributed by atoms with Crippen LogP contribution in [0.3, 0.4) is 0 Å². The van der Waals surface area contributed by atoms with Gasteiger partial charge in [-0.1, -0.05) is 42.0 Å². The van der Waals surface area contributed by atoms with Gasteiger partial charge in [0, 0.05) is 11.1 Å². The van der Waals surface area contributed by atoms with E-state index in [-0.39, 0.29) is 39.2 Å². The molecule has 0 radical (unpaired) electrons. The number of nitrogens with zero attached hydrogens (tertiary/aromatic N) is 1. The van der Waals surface area contributed by atoms with E-state index in [1.54, 1.807) is 6.07 Å². The molecule has 4 rings (SSSR count). The number of ketones is 1.